The number of nitrogens with one attached hydrogen (secondary N) is 1. The molecular formula is C16H16N2O2. The van der Waals surface area contributed by atoms with E-state index in [4.69, 9.17) is 5.11 Å². The summed E-state index contributed by atoms with van der Waals surface area (Å²) >= 11 is 0. The van der Waals surface area contributed by atoms with E-state index in [1.807, 2.05) is 6.07 Å². The summed E-state index contributed by atoms with van der Waals surface area (Å²) < 4.78 is 0. The average Bonchev–Trinajstić information content (AvgIpc) is 2.88. The molecule has 0 bridgehead atoms. The van der Waals surface area contributed by atoms with Crippen LogP contribution in [0.2, 0.25) is 0 Å². The number of hydrogen-bond acceptors (Lipinski definition) is 3. The molecule has 3 rings (SSSR count). The Morgan fingerprint density at radius 3 is 2.50 bits per heavy atom. The Hall–Kier alpha value is -2.20. The standard InChI is InChI=1S/C16H16N2O2/c19-16(20)15-7-3-6-13(18-15)10-17-14-8-11-4-1-2-5-12(11)9-14/h1-7,14,17H,8-10H2,(H,19,20). The summed E-state index contributed by atoms with van der Waals surface area (Å²) in [4.78, 5) is 15.0. The molecule has 102 valence electrons. The van der Waals surface area contributed by atoms with Gasteiger partial charge in [0.05, 0.1) is 5.69 Å². The van der Waals surface area contributed by atoms with Gasteiger partial charge in [0.15, 0.2) is 0 Å². The number of benzene rings is 1. The Labute approximate surface area is 117 Å². The first kappa shape index (κ1) is 12.8. The maximum Gasteiger partial charge on any atom is 0.354 e. The van der Waals surface area contributed by atoms with Crippen LogP contribution in [0.3, 0.4) is 0 Å². The van der Waals surface area contributed by atoms with Crippen LogP contribution in [0.15, 0.2) is 42.5 Å². The van der Waals surface area contributed by atoms with E-state index in [-0.39, 0.29) is 5.69 Å². The van der Waals surface area contributed by atoms with Gasteiger partial charge < -0.3 is 10.4 Å². The van der Waals surface area contributed by atoms with Crippen molar-refractivity contribution in [1.29, 1.82) is 0 Å². The Kier molecular flexibility index (Phi) is 3.48. The summed E-state index contributed by atoms with van der Waals surface area (Å²) in [7, 11) is 0. The van der Waals surface area contributed by atoms with Crippen LogP contribution in [0.25, 0.3) is 0 Å². The van der Waals surface area contributed by atoms with Gasteiger partial charge in [0.1, 0.15) is 5.69 Å². The topological polar surface area (TPSA) is 62.2 Å². The van der Waals surface area contributed by atoms with E-state index in [2.05, 4.69) is 34.6 Å². The van der Waals surface area contributed by atoms with E-state index in [0.717, 1.165) is 18.5 Å². The van der Waals surface area contributed by atoms with Crippen LogP contribution >= 0.6 is 0 Å². The van der Waals surface area contributed by atoms with Gasteiger partial charge in [-0.25, -0.2) is 9.78 Å². The molecule has 2 N–H and O–H groups in total. The minimum Gasteiger partial charge on any atom is -0.477 e. The zero-order valence-electron chi connectivity index (χ0n) is 11.0. The van der Waals surface area contributed by atoms with Crippen LogP contribution in [0.4, 0.5) is 0 Å². The van der Waals surface area contributed by atoms with Crippen molar-refractivity contribution in [2.75, 3.05) is 0 Å². The lowest BCUT2D eigenvalue weighted by Gasteiger charge is -2.11. The van der Waals surface area contributed by atoms with Gasteiger partial charge in [0.2, 0.25) is 0 Å². The first-order valence-electron chi connectivity index (χ1n) is 6.72. The van der Waals surface area contributed by atoms with Crippen LogP contribution in [0.1, 0.15) is 27.3 Å². The lowest BCUT2D eigenvalue weighted by atomic mass is 10.1. The highest BCUT2D eigenvalue weighted by atomic mass is 16.4. The molecule has 2 aromatic rings. The molecule has 0 saturated carbocycles. The number of fused-ring (bicyclic) bond motifs is 1. The number of carbonyl (C=O) groups is 1. The number of aromatic nitrogens is 1. The van der Waals surface area contributed by atoms with Gasteiger partial charge >= 0.3 is 5.97 Å². The molecular weight excluding hydrogens is 252 g/mol. The van der Waals surface area contributed by atoms with Crippen molar-refractivity contribution in [2.45, 2.75) is 25.4 Å². The Balaban J connectivity index is 1.61. The summed E-state index contributed by atoms with van der Waals surface area (Å²) in [5, 5.41) is 12.4. The number of pyridine rings is 1. The molecule has 0 amide bonds. The quantitative estimate of drug-likeness (QED) is 0.890. The molecule has 4 heteroatoms. The lowest BCUT2D eigenvalue weighted by molar-refractivity contribution is 0.0690. The van der Waals surface area contributed by atoms with Gasteiger partial charge in [-0.2, -0.15) is 0 Å². The van der Waals surface area contributed by atoms with Crippen molar-refractivity contribution < 1.29 is 9.90 Å². The minimum absolute atomic E-state index is 0.0963. The molecule has 0 aliphatic heterocycles. The second-order valence-electron chi connectivity index (χ2n) is 5.07. The number of rotatable bonds is 4. The van der Waals surface area contributed by atoms with Crippen molar-refractivity contribution in [1.82, 2.24) is 10.3 Å². The third kappa shape index (κ3) is 2.70. The van der Waals surface area contributed by atoms with Gasteiger partial charge in [-0.15, -0.1) is 0 Å². The first-order chi connectivity index (χ1) is 9.72. The average molecular weight is 268 g/mol. The smallest absolute Gasteiger partial charge is 0.354 e. The highest BCUT2D eigenvalue weighted by Crippen LogP contribution is 2.21. The van der Waals surface area contributed by atoms with E-state index < -0.39 is 5.97 Å². The fourth-order valence-electron chi connectivity index (χ4n) is 2.65. The van der Waals surface area contributed by atoms with Crippen molar-refractivity contribution >= 4 is 5.97 Å². The largest absolute Gasteiger partial charge is 0.477 e. The second-order valence-corrected chi connectivity index (χ2v) is 5.07. The molecule has 1 aliphatic rings. The van der Waals surface area contributed by atoms with Crippen LogP contribution in [-0.2, 0) is 19.4 Å². The third-order valence-corrected chi connectivity index (χ3v) is 3.65. The Bertz CT molecular complexity index is 615. The SMILES string of the molecule is O=C(O)c1cccc(CNC2Cc3ccccc3C2)n1. The number of carboxylic acids is 1. The van der Waals surface area contributed by atoms with E-state index in [0.29, 0.717) is 12.6 Å². The number of carboxylic acid groups (broad SMARTS) is 1. The van der Waals surface area contributed by atoms with Crippen molar-refractivity contribution in [2.24, 2.45) is 0 Å². The second kappa shape index (κ2) is 5.43. The molecule has 1 aromatic heterocycles. The van der Waals surface area contributed by atoms with E-state index in [9.17, 15) is 4.79 Å². The van der Waals surface area contributed by atoms with Crippen molar-refractivity contribution in [3.05, 3.63) is 65.0 Å². The Morgan fingerprint density at radius 1 is 1.15 bits per heavy atom. The predicted octanol–water partition coefficient (Wildman–Crippen LogP) is 2.04. The molecule has 0 atom stereocenters. The fourth-order valence-corrected chi connectivity index (χ4v) is 2.65. The van der Waals surface area contributed by atoms with Crippen LogP contribution in [0, 0.1) is 0 Å². The lowest BCUT2D eigenvalue weighted by Crippen LogP contribution is -2.29. The molecule has 0 saturated heterocycles. The molecule has 0 fully saturated rings. The van der Waals surface area contributed by atoms with Crippen molar-refractivity contribution in [3.63, 3.8) is 0 Å². The monoisotopic (exact) mass is 268 g/mol. The third-order valence-electron chi connectivity index (χ3n) is 3.65. The van der Waals surface area contributed by atoms with Gasteiger partial charge in [0.25, 0.3) is 0 Å². The van der Waals surface area contributed by atoms with E-state index in [1.165, 1.54) is 17.2 Å². The predicted molar refractivity (Wildman–Crippen MR) is 75.7 cm³/mol. The summed E-state index contributed by atoms with van der Waals surface area (Å²) in [5.41, 5.74) is 3.66. The number of nitrogens with zero attached hydrogens (tertiary/aromatic N) is 1. The summed E-state index contributed by atoms with van der Waals surface area (Å²) in [6, 6.07) is 14.0. The number of aromatic carboxylic acids is 1. The van der Waals surface area contributed by atoms with Gasteiger partial charge in [0, 0.05) is 12.6 Å². The first-order valence-corrected chi connectivity index (χ1v) is 6.72. The Morgan fingerprint density at radius 2 is 1.85 bits per heavy atom. The zero-order valence-corrected chi connectivity index (χ0v) is 11.0. The molecule has 1 aromatic carbocycles. The van der Waals surface area contributed by atoms with Gasteiger partial charge in [-0.3, -0.25) is 0 Å². The van der Waals surface area contributed by atoms with Crippen LogP contribution in [-0.4, -0.2) is 22.1 Å². The van der Waals surface area contributed by atoms with Crippen LogP contribution in [0.5, 0.6) is 0 Å². The van der Waals surface area contributed by atoms with E-state index in [1.54, 1.807) is 6.07 Å². The fraction of sp³-hybridized carbons (Fsp3) is 0.250. The molecule has 20 heavy (non-hydrogen) atoms. The highest BCUT2D eigenvalue weighted by molar-refractivity contribution is 5.85. The van der Waals surface area contributed by atoms with E-state index >= 15 is 0 Å². The summed E-state index contributed by atoms with van der Waals surface area (Å²) in [5.74, 6) is -0.986. The minimum atomic E-state index is -0.986. The molecule has 0 radical (unpaired) electrons. The number of hydrogen-bond donors (Lipinski definition) is 2. The van der Waals surface area contributed by atoms with Crippen LogP contribution < -0.4 is 5.32 Å². The summed E-state index contributed by atoms with van der Waals surface area (Å²) in [6.07, 6.45) is 2.05. The zero-order chi connectivity index (χ0) is 13.9. The molecule has 4 nitrogen and oxygen atoms in total. The maximum atomic E-state index is 10.9. The van der Waals surface area contributed by atoms with Gasteiger partial charge in [-0.1, -0.05) is 30.3 Å². The molecule has 1 aliphatic carbocycles. The highest BCUT2D eigenvalue weighted by Gasteiger charge is 2.20. The van der Waals surface area contributed by atoms with Crippen molar-refractivity contribution in [3.8, 4) is 0 Å². The molecule has 1 heterocycles. The normalized spacial score (nSPS) is 14.2. The maximum absolute atomic E-state index is 10.9. The molecule has 0 unspecified atom stereocenters. The molecule has 0 spiro atoms. The summed E-state index contributed by atoms with van der Waals surface area (Å²) in [6.45, 7) is 0.597. The van der Waals surface area contributed by atoms with Gasteiger partial charge in [-0.05, 0) is 36.1 Å².